The maximum atomic E-state index is 5.78. The molecule has 144 valence electrons. The van der Waals surface area contributed by atoms with Gasteiger partial charge >= 0.3 is 0 Å². The lowest BCUT2D eigenvalue weighted by Crippen LogP contribution is -2.32. The van der Waals surface area contributed by atoms with Crippen molar-refractivity contribution in [1.82, 2.24) is 0 Å². The van der Waals surface area contributed by atoms with E-state index in [1.807, 2.05) is 13.8 Å². The maximum Gasteiger partial charge on any atom is 0.119 e. The molecule has 2 heteroatoms. The van der Waals surface area contributed by atoms with E-state index in [0.717, 1.165) is 12.4 Å². The van der Waals surface area contributed by atoms with Crippen LogP contribution in [0.5, 0.6) is 5.75 Å². The number of ether oxygens (including phenoxy) is 2. The second kappa shape index (κ2) is 10.2. The first-order valence-electron chi connectivity index (χ1n) is 10.4. The molecule has 0 N–H and O–H groups in total. The smallest absolute Gasteiger partial charge is 0.119 e. The molecule has 2 rings (SSSR count). The molecule has 1 unspecified atom stereocenters. The topological polar surface area (TPSA) is 21.8 Å². The van der Waals surface area contributed by atoms with Gasteiger partial charge in [0.25, 0.3) is 0 Å². The predicted molar refractivity (Wildman–Crippen MR) is 109 cm³/mol. The lowest BCUT2D eigenvalue weighted by molar-refractivity contribution is 0.183. The van der Waals surface area contributed by atoms with Gasteiger partial charge < -0.3 is 9.47 Å². The standard InChI is InChI=1S/C21H34O2.C2H6/c1-6-20(5,7-2)16-21(8-3,9-4)17-10-12-18(13-11-17)22-14-19-15-23-19;1-2/h10-13,19H,6-9,14-16H2,1-5H3;1-2H3. The Bertz CT molecular complexity index is 465. The van der Waals surface area contributed by atoms with E-state index in [4.69, 9.17) is 9.47 Å². The van der Waals surface area contributed by atoms with Crippen LogP contribution >= 0.6 is 0 Å². The van der Waals surface area contributed by atoms with Crippen molar-refractivity contribution in [2.45, 2.75) is 92.1 Å². The zero-order chi connectivity index (χ0) is 18.9. The minimum atomic E-state index is 0.277. The molecule has 0 aromatic heterocycles. The highest BCUT2D eigenvalue weighted by Crippen LogP contribution is 2.45. The molecule has 1 heterocycles. The molecule has 1 atom stereocenters. The van der Waals surface area contributed by atoms with Crippen molar-refractivity contribution < 1.29 is 9.47 Å². The zero-order valence-corrected chi connectivity index (χ0v) is 17.7. The van der Waals surface area contributed by atoms with Crippen LogP contribution in [0.25, 0.3) is 0 Å². The summed E-state index contributed by atoms with van der Waals surface area (Å²) in [5.74, 6) is 0.958. The van der Waals surface area contributed by atoms with Gasteiger partial charge in [0, 0.05) is 0 Å². The summed E-state index contributed by atoms with van der Waals surface area (Å²) in [6, 6.07) is 8.82. The SMILES string of the molecule is CC.CCC(C)(CC)CC(CC)(CC)c1ccc(OCC2CO2)cc1. The van der Waals surface area contributed by atoms with Gasteiger partial charge in [-0.2, -0.15) is 0 Å². The molecule has 2 nitrogen and oxygen atoms in total. The van der Waals surface area contributed by atoms with E-state index in [1.165, 1.54) is 37.7 Å². The number of epoxide rings is 1. The third-order valence-corrected chi connectivity index (χ3v) is 6.13. The van der Waals surface area contributed by atoms with Gasteiger partial charge in [-0.05, 0) is 47.8 Å². The van der Waals surface area contributed by atoms with E-state index in [9.17, 15) is 0 Å². The summed E-state index contributed by atoms with van der Waals surface area (Å²) in [6.07, 6.45) is 6.44. The second-order valence-electron chi connectivity index (χ2n) is 7.47. The minimum Gasteiger partial charge on any atom is -0.491 e. The number of benzene rings is 1. The number of hydrogen-bond acceptors (Lipinski definition) is 2. The van der Waals surface area contributed by atoms with Gasteiger partial charge in [0.1, 0.15) is 18.5 Å². The summed E-state index contributed by atoms with van der Waals surface area (Å²) in [5, 5.41) is 0. The van der Waals surface area contributed by atoms with E-state index >= 15 is 0 Å². The first kappa shape index (κ1) is 22.0. The molecule has 0 bridgehead atoms. The Morgan fingerprint density at radius 1 is 0.960 bits per heavy atom. The van der Waals surface area contributed by atoms with Crippen LogP contribution in [0.1, 0.15) is 86.1 Å². The van der Waals surface area contributed by atoms with Crippen molar-refractivity contribution in [1.29, 1.82) is 0 Å². The number of hydrogen-bond donors (Lipinski definition) is 0. The lowest BCUT2D eigenvalue weighted by atomic mass is 9.64. The van der Waals surface area contributed by atoms with Crippen LogP contribution in [0.2, 0.25) is 0 Å². The monoisotopic (exact) mass is 348 g/mol. The summed E-state index contributed by atoms with van der Waals surface area (Å²) in [6.45, 7) is 17.3. The van der Waals surface area contributed by atoms with E-state index in [1.54, 1.807) is 0 Å². The number of rotatable bonds is 10. The molecule has 1 saturated heterocycles. The fourth-order valence-electron chi connectivity index (χ4n) is 3.59. The third kappa shape index (κ3) is 6.02. The van der Waals surface area contributed by atoms with Crippen LogP contribution in [-0.4, -0.2) is 19.3 Å². The summed E-state index contributed by atoms with van der Waals surface area (Å²) in [4.78, 5) is 0. The van der Waals surface area contributed by atoms with Crippen LogP contribution in [0.15, 0.2) is 24.3 Å². The molecule has 25 heavy (non-hydrogen) atoms. The average molecular weight is 349 g/mol. The Kier molecular flexibility index (Phi) is 8.99. The molecular weight excluding hydrogens is 308 g/mol. The average Bonchev–Trinajstić information content (AvgIpc) is 3.51. The molecular formula is C23H40O2. The normalized spacial score (nSPS) is 16.8. The van der Waals surface area contributed by atoms with Gasteiger partial charge in [0.05, 0.1) is 6.61 Å². The summed E-state index contributed by atoms with van der Waals surface area (Å²) in [7, 11) is 0. The molecule has 0 saturated carbocycles. The molecule has 1 aromatic carbocycles. The summed E-state index contributed by atoms with van der Waals surface area (Å²) >= 11 is 0. The maximum absolute atomic E-state index is 5.78. The van der Waals surface area contributed by atoms with E-state index in [2.05, 4.69) is 58.9 Å². The molecule has 1 fully saturated rings. The third-order valence-electron chi connectivity index (χ3n) is 6.13. The predicted octanol–water partition coefficient (Wildman–Crippen LogP) is 6.76. The Balaban J connectivity index is 0.00000151. The Labute approximate surface area is 156 Å². The van der Waals surface area contributed by atoms with E-state index in [-0.39, 0.29) is 5.41 Å². The largest absolute Gasteiger partial charge is 0.491 e. The van der Waals surface area contributed by atoms with Gasteiger partial charge in [0.15, 0.2) is 0 Å². The first-order chi connectivity index (χ1) is 12.0. The molecule has 0 spiro atoms. The van der Waals surface area contributed by atoms with Crippen LogP contribution in [0.4, 0.5) is 0 Å². The second-order valence-corrected chi connectivity index (χ2v) is 7.47. The highest BCUT2D eigenvalue weighted by molar-refractivity contribution is 5.33. The van der Waals surface area contributed by atoms with Gasteiger partial charge in [-0.25, -0.2) is 0 Å². The molecule has 1 aromatic rings. The van der Waals surface area contributed by atoms with Gasteiger partial charge in [-0.3, -0.25) is 0 Å². The van der Waals surface area contributed by atoms with Gasteiger partial charge in [0.2, 0.25) is 0 Å². The Hall–Kier alpha value is -1.02. The molecule has 0 amide bonds. The van der Waals surface area contributed by atoms with Crippen molar-refractivity contribution >= 4 is 0 Å². The fourth-order valence-corrected chi connectivity index (χ4v) is 3.59. The van der Waals surface area contributed by atoms with Crippen LogP contribution in [-0.2, 0) is 10.2 Å². The zero-order valence-electron chi connectivity index (χ0n) is 17.7. The van der Waals surface area contributed by atoms with Crippen LogP contribution in [0, 0.1) is 5.41 Å². The quantitative estimate of drug-likeness (QED) is 0.435. The van der Waals surface area contributed by atoms with Crippen LogP contribution < -0.4 is 4.74 Å². The minimum absolute atomic E-state index is 0.277. The molecule has 0 radical (unpaired) electrons. The fraction of sp³-hybridized carbons (Fsp3) is 0.739. The summed E-state index contributed by atoms with van der Waals surface area (Å²) in [5.41, 5.74) is 2.16. The lowest BCUT2D eigenvalue weighted by Gasteiger charge is -2.41. The van der Waals surface area contributed by atoms with Crippen molar-refractivity contribution in [3.63, 3.8) is 0 Å². The summed E-state index contributed by atoms with van der Waals surface area (Å²) < 4.78 is 11.0. The Morgan fingerprint density at radius 3 is 1.88 bits per heavy atom. The molecule has 1 aliphatic rings. The highest BCUT2D eigenvalue weighted by Gasteiger charge is 2.35. The first-order valence-corrected chi connectivity index (χ1v) is 10.4. The highest BCUT2D eigenvalue weighted by atomic mass is 16.6. The van der Waals surface area contributed by atoms with Gasteiger partial charge in [-0.1, -0.05) is 73.4 Å². The van der Waals surface area contributed by atoms with Crippen molar-refractivity contribution in [2.75, 3.05) is 13.2 Å². The van der Waals surface area contributed by atoms with Crippen LogP contribution in [0.3, 0.4) is 0 Å². The van der Waals surface area contributed by atoms with Crippen molar-refractivity contribution in [3.05, 3.63) is 29.8 Å². The Morgan fingerprint density at radius 2 is 1.48 bits per heavy atom. The molecule has 0 aliphatic carbocycles. The van der Waals surface area contributed by atoms with E-state index < -0.39 is 0 Å². The van der Waals surface area contributed by atoms with Gasteiger partial charge in [-0.15, -0.1) is 0 Å². The van der Waals surface area contributed by atoms with Crippen molar-refractivity contribution in [2.24, 2.45) is 5.41 Å². The molecule has 1 aliphatic heterocycles. The van der Waals surface area contributed by atoms with E-state index in [0.29, 0.717) is 18.1 Å². The van der Waals surface area contributed by atoms with Crippen molar-refractivity contribution in [3.8, 4) is 5.75 Å².